The summed E-state index contributed by atoms with van der Waals surface area (Å²) in [6.07, 6.45) is 2.64. The van der Waals surface area contributed by atoms with E-state index in [0.29, 0.717) is 29.0 Å². The Balaban J connectivity index is 1.40. The number of amides is 1. The highest BCUT2D eigenvalue weighted by molar-refractivity contribution is 7.22. The van der Waals surface area contributed by atoms with Crippen molar-refractivity contribution in [3.05, 3.63) is 65.9 Å². The predicted octanol–water partition coefficient (Wildman–Crippen LogP) is 5.23. The largest absolute Gasteiger partial charge is 0.465 e. The third kappa shape index (κ3) is 6.03. The summed E-state index contributed by atoms with van der Waals surface area (Å²) in [5.74, 6) is 1.18. The van der Waals surface area contributed by atoms with E-state index in [2.05, 4.69) is 33.1 Å². The number of rotatable bonds is 7. The number of anilines is 4. The number of carboxylic acid groups (broad SMARTS) is 1. The number of carbonyl (C=O) groups is 1. The molecule has 1 saturated carbocycles. The number of hydrogen-bond acceptors (Lipinski definition) is 8. The molecule has 5 rings (SSSR count). The van der Waals surface area contributed by atoms with E-state index in [1.807, 2.05) is 24.3 Å². The average molecular weight is 491 g/mol. The lowest BCUT2D eigenvalue weighted by atomic mass is 9.93. The number of hydrogen-bond donors (Lipinski definition) is 5. The Hall–Kier alpha value is -3.76. The Morgan fingerprint density at radius 3 is 2.57 bits per heavy atom. The number of aliphatic hydroxyl groups excluding tert-OH is 1. The molecule has 0 unspecified atom stereocenters. The summed E-state index contributed by atoms with van der Waals surface area (Å²) in [7, 11) is 0. The zero-order chi connectivity index (χ0) is 24.2. The maximum atomic E-state index is 10.9. The molecule has 4 aromatic rings. The van der Waals surface area contributed by atoms with Crippen LogP contribution in [0.2, 0.25) is 0 Å². The van der Waals surface area contributed by atoms with Crippen LogP contribution in [0.1, 0.15) is 36.9 Å². The van der Waals surface area contributed by atoms with Gasteiger partial charge in [0.25, 0.3) is 0 Å². The number of aromatic nitrogens is 3. The topological polar surface area (TPSA) is 132 Å². The fraction of sp³-hybridized carbons (Fsp3) is 0.280. The lowest BCUT2D eigenvalue weighted by molar-refractivity contribution is 0.126. The van der Waals surface area contributed by atoms with Crippen LogP contribution >= 0.6 is 11.3 Å². The molecule has 10 heteroatoms. The lowest BCUT2D eigenvalue weighted by Gasteiger charge is -2.26. The number of nitrogens with zero attached hydrogens (tertiary/aromatic N) is 3. The molecular formula is C25H26N6O3S. The molecule has 1 amide bonds. The van der Waals surface area contributed by atoms with E-state index in [4.69, 9.17) is 15.1 Å². The third-order valence-electron chi connectivity index (χ3n) is 5.91. The summed E-state index contributed by atoms with van der Waals surface area (Å²) in [5.41, 5.74) is 3.30. The summed E-state index contributed by atoms with van der Waals surface area (Å²) < 4.78 is 0.858. The summed E-state index contributed by atoms with van der Waals surface area (Å²) >= 11 is 1.42. The van der Waals surface area contributed by atoms with Crippen LogP contribution in [0.4, 0.5) is 27.4 Å². The standard InChI is InChI=1S/C25H26N6O3S/c32-19-9-6-16(7-10-19)26-23-27-18(12-15-4-2-1-3-5-15)14-22(30-23)31-24-29-20-11-8-17(28-25(33)34)13-21(20)35-24/h1-5,8,11,13-14,16,19,28,32H,6-7,9-10,12H2,(H,33,34)(H2,26,27,29,30,31)/t16-,19-. The van der Waals surface area contributed by atoms with Crippen molar-refractivity contribution in [2.75, 3.05) is 16.0 Å². The quantitative estimate of drug-likeness (QED) is 0.238. The van der Waals surface area contributed by atoms with E-state index in [9.17, 15) is 9.90 Å². The molecular weight excluding hydrogens is 464 g/mol. The molecule has 1 fully saturated rings. The SMILES string of the molecule is O=C(O)Nc1ccc2nc(Nc3cc(Cc4ccccc4)nc(N[C@H]4CC[C@H](O)CC4)n3)sc2c1. The number of thiazole rings is 1. The van der Waals surface area contributed by atoms with Crippen LogP contribution in [-0.4, -0.2) is 43.4 Å². The van der Waals surface area contributed by atoms with Gasteiger partial charge in [-0.15, -0.1) is 0 Å². The number of fused-ring (bicyclic) bond motifs is 1. The van der Waals surface area contributed by atoms with Crippen LogP contribution < -0.4 is 16.0 Å². The van der Waals surface area contributed by atoms with Gasteiger partial charge >= 0.3 is 6.09 Å². The van der Waals surface area contributed by atoms with E-state index < -0.39 is 6.09 Å². The first-order chi connectivity index (χ1) is 17.0. The van der Waals surface area contributed by atoms with Gasteiger partial charge in [-0.3, -0.25) is 5.32 Å². The predicted molar refractivity (Wildman–Crippen MR) is 138 cm³/mol. The minimum atomic E-state index is -1.10. The highest BCUT2D eigenvalue weighted by atomic mass is 32.1. The van der Waals surface area contributed by atoms with Gasteiger partial charge in [0.2, 0.25) is 5.95 Å². The minimum absolute atomic E-state index is 0.221. The first-order valence-electron chi connectivity index (χ1n) is 11.5. The zero-order valence-corrected chi connectivity index (χ0v) is 19.8. The van der Waals surface area contributed by atoms with Crippen LogP contribution in [-0.2, 0) is 6.42 Å². The smallest absolute Gasteiger partial charge is 0.409 e. The fourth-order valence-corrected chi connectivity index (χ4v) is 5.13. The Labute approximate surface area is 206 Å². The molecule has 0 bridgehead atoms. The highest BCUT2D eigenvalue weighted by Crippen LogP contribution is 2.31. The first-order valence-corrected chi connectivity index (χ1v) is 12.4. The molecule has 2 aromatic carbocycles. The van der Waals surface area contributed by atoms with Crippen molar-refractivity contribution in [3.63, 3.8) is 0 Å². The average Bonchev–Trinajstić information content (AvgIpc) is 3.22. The Morgan fingerprint density at radius 2 is 1.80 bits per heavy atom. The van der Waals surface area contributed by atoms with Crippen molar-refractivity contribution in [2.45, 2.75) is 44.2 Å². The van der Waals surface area contributed by atoms with Crippen molar-refractivity contribution in [3.8, 4) is 0 Å². The van der Waals surface area contributed by atoms with E-state index in [1.165, 1.54) is 11.3 Å². The monoisotopic (exact) mass is 490 g/mol. The van der Waals surface area contributed by atoms with Crippen molar-refractivity contribution < 1.29 is 15.0 Å². The van der Waals surface area contributed by atoms with Gasteiger partial charge in [0, 0.05) is 24.2 Å². The van der Waals surface area contributed by atoms with Gasteiger partial charge in [0.15, 0.2) is 5.13 Å². The minimum Gasteiger partial charge on any atom is -0.465 e. The molecule has 35 heavy (non-hydrogen) atoms. The van der Waals surface area contributed by atoms with E-state index in [0.717, 1.165) is 47.2 Å². The lowest BCUT2D eigenvalue weighted by Crippen LogP contribution is -2.29. The second-order valence-corrected chi connectivity index (χ2v) is 9.67. The zero-order valence-electron chi connectivity index (χ0n) is 18.9. The molecule has 0 atom stereocenters. The first kappa shape index (κ1) is 23.0. The van der Waals surface area contributed by atoms with Gasteiger partial charge < -0.3 is 20.8 Å². The maximum absolute atomic E-state index is 10.9. The molecule has 1 aliphatic carbocycles. The summed E-state index contributed by atoms with van der Waals surface area (Å²) in [6.45, 7) is 0. The maximum Gasteiger partial charge on any atom is 0.409 e. The van der Waals surface area contributed by atoms with Gasteiger partial charge in [-0.2, -0.15) is 4.98 Å². The summed E-state index contributed by atoms with van der Waals surface area (Å²) in [5, 5.41) is 28.6. The van der Waals surface area contributed by atoms with Gasteiger partial charge in [-0.25, -0.2) is 14.8 Å². The summed E-state index contributed by atoms with van der Waals surface area (Å²) in [4.78, 5) is 25.0. The molecule has 1 aliphatic rings. The van der Waals surface area contributed by atoms with Gasteiger partial charge in [0.05, 0.1) is 22.0 Å². The number of benzene rings is 2. The molecule has 5 N–H and O–H groups in total. The van der Waals surface area contributed by atoms with Crippen molar-refractivity contribution in [2.24, 2.45) is 0 Å². The second-order valence-electron chi connectivity index (χ2n) is 8.64. The van der Waals surface area contributed by atoms with Crippen molar-refractivity contribution in [1.82, 2.24) is 15.0 Å². The summed E-state index contributed by atoms with van der Waals surface area (Å²) in [6, 6.07) is 17.5. The van der Waals surface area contributed by atoms with Crippen molar-refractivity contribution >= 4 is 50.2 Å². The Bertz CT molecular complexity index is 1320. The Morgan fingerprint density at radius 1 is 1.00 bits per heavy atom. The molecule has 2 aromatic heterocycles. The molecule has 9 nitrogen and oxygen atoms in total. The van der Waals surface area contributed by atoms with E-state index in [1.54, 1.807) is 18.2 Å². The molecule has 0 radical (unpaired) electrons. The number of nitrogens with one attached hydrogen (secondary N) is 3. The van der Waals surface area contributed by atoms with Crippen LogP contribution in [0.15, 0.2) is 54.6 Å². The molecule has 2 heterocycles. The van der Waals surface area contributed by atoms with Crippen LogP contribution in [0.5, 0.6) is 0 Å². The van der Waals surface area contributed by atoms with Crippen molar-refractivity contribution in [1.29, 1.82) is 0 Å². The van der Waals surface area contributed by atoms with Crippen LogP contribution in [0, 0.1) is 0 Å². The second kappa shape index (κ2) is 10.2. The number of aliphatic hydroxyl groups is 1. The molecule has 0 saturated heterocycles. The Kier molecular flexibility index (Phi) is 6.73. The van der Waals surface area contributed by atoms with E-state index >= 15 is 0 Å². The molecule has 180 valence electrons. The third-order valence-corrected chi connectivity index (χ3v) is 6.85. The van der Waals surface area contributed by atoms with Gasteiger partial charge in [-0.05, 0) is 49.4 Å². The molecule has 0 aliphatic heterocycles. The van der Waals surface area contributed by atoms with E-state index in [-0.39, 0.29) is 12.1 Å². The normalized spacial score (nSPS) is 17.7. The van der Waals surface area contributed by atoms with Gasteiger partial charge in [-0.1, -0.05) is 41.7 Å². The highest BCUT2D eigenvalue weighted by Gasteiger charge is 2.20. The van der Waals surface area contributed by atoms with Crippen LogP contribution in [0.25, 0.3) is 10.2 Å². The van der Waals surface area contributed by atoms with Gasteiger partial charge in [0.1, 0.15) is 5.82 Å². The molecule has 0 spiro atoms. The fourth-order valence-electron chi connectivity index (χ4n) is 4.21. The van der Waals surface area contributed by atoms with Crippen LogP contribution in [0.3, 0.4) is 0 Å².